The topological polar surface area (TPSA) is 123 Å². The number of nitro groups is 1. The second kappa shape index (κ2) is 6.74. The fourth-order valence-electron chi connectivity index (χ4n) is 2.37. The number of hydrogen-bond donors (Lipinski definition) is 1. The van der Waals surface area contributed by atoms with Gasteiger partial charge in [0.05, 0.1) is 10.6 Å². The van der Waals surface area contributed by atoms with Gasteiger partial charge in [0, 0.05) is 36.4 Å². The van der Waals surface area contributed by atoms with Crippen LogP contribution in [0.25, 0.3) is 11.3 Å². The van der Waals surface area contributed by atoms with Gasteiger partial charge in [0.1, 0.15) is 5.92 Å². The van der Waals surface area contributed by atoms with Gasteiger partial charge in [-0.15, -0.1) is 11.3 Å². The van der Waals surface area contributed by atoms with E-state index in [9.17, 15) is 23.3 Å². The smallest absolute Gasteiger partial charge is 0.242 e. The van der Waals surface area contributed by atoms with Gasteiger partial charge < -0.3 is 5.32 Å². The first-order chi connectivity index (χ1) is 12.2. The lowest BCUT2D eigenvalue weighted by molar-refractivity contribution is -0.497. The number of rotatable bonds is 6. The third-order valence-corrected chi connectivity index (χ3v) is 6.61. The fourth-order valence-corrected chi connectivity index (χ4v) is 3.99. The maximum atomic E-state index is 12.1. The average Bonchev–Trinajstić information content (AvgIpc) is 3.28. The number of aromatic nitrogens is 1. The molecule has 11 heteroatoms. The van der Waals surface area contributed by atoms with Crippen LogP contribution in [0, 0.1) is 16.0 Å². The van der Waals surface area contributed by atoms with Gasteiger partial charge in [-0.25, -0.2) is 17.7 Å². The summed E-state index contributed by atoms with van der Waals surface area (Å²) in [5.41, 5.74) is 1.29. The lowest BCUT2D eigenvalue weighted by Crippen LogP contribution is -2.22. The van der Waals surface area contributed by atoms with Gasteiger partial charge in [0.25, 0.3) is 0 Å². The van der Waals surface area contributed by atoms with Crippen LogP contribution >= 0.6 is 11.3 Å². The lowest BCUT2D eigenvalue weighted by Gasteiger charge is -2.11. The molecule has 2 unspecified atom stereocenters. The summed E-state index contributed by atoms with van der Waals surface area (Å²) in [4.78, 5) is 26.6. The Hall–Kier alpha value is -2.37. The van der Waals surface area contributed by atoms with Crippen LogP contribution in [0.1, 0.15) is 6.42 Å². The summed E-state index contributed by atoms with van der Waals surface area (Å²) in [6.45, 7) is 0. The molecule has 0 bridgehead atoms. The third-order valence-electron chi connectivity index (χ3n) is 4.03. The minimum atomic E-state index is -3.50. The Morgan fingerprint density at radius 2 is 2.00 bits per heavy atom. The van der Waals surface area contributed by atoms with Gasteiger partial charge in [-0.3, -0.25) is 14.9 Å². The van der Waals surface area contributed by atoms with Crippen LogP contribution in [-0.4, -0.2) is 48.7 Å². The van der Waals surface area contributed by atoms with E-state index in [0.29, 0.717) is 16.4 Å². The van der Waals surface area contributed by atoms with E-state index in [1.165, 1.54) is 37.6 Å². The highest BCUT2D eigenvalue weighted by molar-refractivity contribution is 7.89. The van der Waals surface area contributed by atoms with E-state index in [0.717, 1.165) is 4.31 Å². The van der Waals surface area contributed by atoms with Gasteiger partial charge in [-0.1, -0.05) is 12.1 Å². The molecular weight excluding hydrogens is 380 g/mol. The van der Waals surface area contributed by atoms with Gasteiger partial charge in [-0.05, 0) is 12.1 Å². The number of hydrogen-bond acceptors (Lipinski definition) is 7. The van der Waals surface area contributed by atoms with E-state index in [4.69, 9.17) is 0 Å². The van der Waals surface area contributed by atoms with E-state index < -0.39 is 32.8 Å². The summed E-state index contributed by atoms with van der Waals surface area (Å²) in [6, 6.07) is 5.46. The van der Waals surface area contributed by atoms with E-state index in [1.54, 1.807) is 17.5 Å². The Balaban J connectivity index is 1.70. The third kappa shape index (κ3) is 3.59. The molecule has 1 aromatic heterocycles. The molecule has 1 N–H and O–H groups in total. The summed E-state index contributed by atoms with van der Waals surface area (Å²) >= 11 is 1.20. The SMILES string of the molecule is CN(C)S(=O)(=O)c1ccc(-c2csc(NC(=O)C3CC3[N+](=O)[O-])n2)cc1. The minimum absolute atomic E-state index is 0.176. The minimum Gasteiger partial charge on any atom is -0.301 e. The number of nitrogens with one attached hydrogen (secondary N) is 1. The Bertz CT molecular complexity index is 953. The fraction of sp³-hybridized carbons (Fsp3) is 0.333. The average molecular weight is 396 g/mol. The van der Waals surface area contributed by atoms with Crippen molar-refractivity contribution >= 4 is 32.4 Å². The molecule has 3 rings (SSSR count). The van der Waals surface area contributed by atoms with Gasteiger partial charge in [0.15, 0.2) is 5.13 Å². The lowest BCUT2D eigenvalue weighted by atomic mass is 10.2. The van der Waals surface area contributed by atoms with E-state index in [1.807, 2.05) is 0 Å². The highest BCUT2D eigenvalue weighted by Crippen LogP contribution is 2.35. The molecule has 9 nitrogen and oxygen atoms in total. The first kappa shape index (κ1) is 18.4. The van der Waals surface area contributed by atoms with Crippen molar-refractivity contribution in [1.29, 1.82) is 0 Å². The number of thiazole rings is 1. The number of carbonyl (C=O) groups is 1. The van der Waals surface area contributed by atoms with Crippen molar-refractivity contribution in [2.45, 2.75) is 17.4 Å². The standard InChI is InChI=1S/C15H16N4O5S2/c1-18(2)26(23,24)10-5-3-9(4-6-10)12-8-25-15(16-12)17-14(20)11-7-13(11)19(21)22/h3-6,8,11,13H,7H2,1-2H3,(H,16,17,20). The molecule has 0 aliphatic heterocycles. The predicted octanol–water partition coefficient (Wildman–Crippen LogP) is 1.66. The largest absolute Gasteiger partial charge is 0.301 e. The van der Waals surface area contributed by atoms with Crippen molar-refractivity contribution in [2.24, 2.45) is 5.92 Å². The molecule has 1 amide bonds. The van der Waals surface area contributed by atoms with Gasteiger partial charge in [-0.2, -0.15) is 0 Å². The van der Waals surface area contributed by atoms with E-state index >= 15 is 0 Å². The zero-order valence-electron chi connectivity index (χ0n) is 13.9. The van der Waals surface area contributed by atoms with Crippen molar-refractivity contribution < 1.29 is 18.1 Å². The number of anilines is 1. The number of carbonyl (C=O) groups excluding carboxylic acids is 1. The molecule has 1 aliphatic rings. The Morgan fingerprint density at radius 1 is 1.35 bits per heavy atom. The first-order valence-corrected chi connectivity index (χ1v) is 9.95. The zero-order valence-corrected chi connectivity index (χ0v) is 15.6. The van der Waals surface area contributed by atoms with Crippen molar-refractivity contribution in [1.82, 2.24) is 9.29 Å². The number of amides is 1. The van der Waals surface area contributed by atoms with Crippen LogP contribution in [0.3, 0.4) is 0 Å². The molecule has 2 aromatic rings. The highest BCUT2D eigenvalue weighted by atomic mass is 32.2. The quantitative estimate of drug-likeness (QED) is 0.585. The summed E-state index contributed by atoms with van der Waals surface area (Å²) < 4.78 is 25.3. The second-order valence-electron chi connectivity index (χ2n) is 6.03. The predicted molar refractivity (Wildman–Crippen MR) is 95.9 cm³/mol. The molecule has 0 saturated heterocycles. The number of benzene rings is 1. The normalized spacial score (nSPS) is 19.3. The summed E-state index contributed by atoms with van der Waals surface area (Å²) in [5, 5.41) is 15.3. The molecule has 0 spiro atoms. The van der Waals surface area contributed by atoms with Crippen LogP contribution in [0.2, 0.25) is 0 Å². The molecule has 1 fully saturated rings. The molecule has 1 aromatic carbocycles. The van der Waals surface area contributed by atoms with Crippen molar-refractivity contribution in [3.8, 4) is 11.3 Å². The number of sulfonamides is 1. The maximum absolute atomic E-state index is 12.1. The molecule has 1 heterocycles. The van der Waals surface area contributed by atoms with Crippen LogP contribution in [-0.2, 0) is 14.8 Å². The summed E-state index contributed by atoms with van der Waals surface area (Å²) in [6.07, 6.45) is 0.249. The monoisotopic (exact) mass is 396 g/mol. The van der Waals surface area contributed by atoms with Crippen LogP contribution < -0.4 is 5.32 Å². The maximum Gasteiger partial charge on any atom is 0.242 e. The molecule has 1 saturated carbocycles. The summed E-state index contributed by atoms with van der Waals surface area (Å²) in [7, 11) is -0.577. The van der Waals surface area contributed by atoms with Gasteiger partial charge >= 0.3 is 0 Å². The zero-order chi connectivity index (χ0) is 19.1. The highest BCUT2D eigenvalue weighted by Gasteiger charge is 2.53. The Kier molecular flexibility index (Phi) is 4.78. The molecule has 0 radical (unpaired) electrons. The van der Waals surface area contributed by atoms with Crippen molar-refractivity contribution in [3.05, 3.63) is 39.8 Å². The molecular formula is C15H16N4O5S2. The second-order valence-corrected chi connectivity index (χ2v) is 9.04. The molecule has 1 aliphatic carbocycles. The van der Waals surface area contributed by atoms with Crippen LogP contribution in [0.15, 0.2) is 34.5 Å². The van der Waals surface area contributed by atoms with Gasteiger partial charge in [0.2, 0.25) is 22.0 Å². The molecule has 138 valence electrons. The van der Waals surface area contributed by atoms with Crippen molar-refractivity contribution in [3.63, 3.8) is 0 Å². The first-order valence-electron chi connectivity index (χ1n) is 7.63. The molecule has 2 atom stereocenters. The molecule has 26 heavy (non-hydrogen) atoms. The Morgan fingerprint density at radius 3 is 2.54 bits per heavy atom. The van der Waals surface area contributed by atoms with E-state index in [2.05, 4.69) is 10.3 Å². The summed E-state index contributed by atoms with van der Waals surface area (Å²) in [5.74, 6) is -1.01. The van der Waals surface area contributed by atoms with Crippen LogP contribution in [0.5, 0.6) is 0 Å². The number of nitrogens with zero attached hydrogens (tertiary/aromatic N) is 3. The van der Waals surface area contributed by atoms with Crippen LogP contribution in [0.4, 0.5) is 5.13 Å². The van der Waals surface area contributed by atoms with E-state index in [-0.39, 0.29) is 11.3 Å². The van der Waals surface area contributed by atoms with Crippen molar-refractivity contribution in [2.75, 3.05) is 19.4 Å². The Labute approximate surface area is 153 Å².